The summed E-state index contributed by atoms with van der Waals surface area (Å²) in [4.78, 5) is 0. The lowest BCUT2D eigenvalue weighted by Gasteiger charge is -2.42. The van der Waals surface area contributed by atoms with Gasteiger partial charge in [0.25, 0.3) is 0 Å². The Morgan fingerprint density at radius 3 is 1.20 bits per heavy atom. The van der Waals surface area contributed by atoms with Crippen molar-refractivity contribution in [2.24, 2.45) is 0 Å². The van der Waals surface area contributed by atoms with Gasteiger partial charge in [-0.1, -0.05) is 328 Å². The molecule has 20 rings (SSSR count). The van der Waals surface area contributed by atoms with Crippen LogP contribution in [0.15, 0.2) is 206 Å². The van der Waals surface area contributed by atoms with Gasteiger partial charge in [-0.3, -0.25) is 0 Å². The molecule has 0 spiro atoms. The molecule has 4 aromatic heterocycles. The third-order valence-corrected chi connectivity index (χ3v) is 30.2. The molecular formula is C117H128B2N4. The Bertz CT molecular complexity index is 7230. The van der Waals surface area contributed by atoms with E-state index in [0.717, 1.165) is 12.8 Å². The normalized spacial score (nSPS) is 14.8. The molecule has 0 amide bonds. The number of rotatable bonds is 8. The molecule has 0 radical (unpaired) electrons. The maximum atomic E-state index is 2.86. The van der Waals surface area contributed by atoms with E-state index in [2.05, 4.69) is 432 Å². The predicted molar refractivity (Wildman–Crippen MR) is 536 cm³/mol. The van der Waals surface area contributed by atoms with Gasteiger partial charge in [-0.15, -0.1) is 0 Å². The Morgan fingerprint density at radius 1 is 0.276 bits per heavy atom. The molecule has 6 heteroatoms. The summed E-state index contributed by atoms with van der Waals surface area (Å²) in [7, 11) is 0. The number of aromatic nitrogens is 4. The summed E-state index contributed by atoms with van der Waals surface area (Å²) >= 11 is 0. The molecule has 16 aromatic rings. The van der Waals surface area contributed by atoms with Crippen LogP contribution in [0.5, 0.6) is 0 Å². The van der Waals surface area contributed by atoms with Gasteiger partial charge < -0.3 is 18.2 Å². The molecular weight excluding hydrogens is 1480 g/mol. The van der Waals surface area contributed by atoms with Crippen LogP contribution in [-0.4, -0.2) is 31.7 Å². The second-order valence-corrected chi connectivity index (χ2v) is 48.2. The van der Waals surface area contributed by atoms with Crippen molar-refractivity contribution in [3.63, 3.8) is 0 Å². The monoisotopic (exact) mass is 1610 g/mol. The largest absolute Gasteiger partial charge is 0.375 e. The Kier molecular flexibility index (Phi) is 17.1. The third kappa shape index (κ3) is 12.2. The molecule has 0 saturated heterocycles. The number of hydrogen-bond donors (Lipinski definition) is 0. The molecule has 4 aliphatic heterocycles. The molecule has 12 aromatic carbocycles. The van der Waals surface area contributed by atoms with E-state index < -0.39 is 0 Å². The van der Waals surface area contributed by atoms with Crippen molar-refractivity contribution in [1.29, 1.82) is 0 Å². The molecule has 123 heavy (non-hydrogen) atoms. The SMILES string of the molecule is CC(C)(C)c1ccc(-c2c(-c3ccc(C(C)(C)C)cc3)n3c4c(cc(C(C)(C)C)cc24)-c2cc(C(C)(C)C)cc4c2B3c2cc(C(C)(C)C)cc3c5cc(C(C)(C)CCC(C)(C)c6ccc7c(c6)c6cc(C(C)(C)C)cc8c6n7-c6cccc7c6B8c6cc8c9cc(C(C)(C)C)ccc9n(-c9ccc(C(C)(C)C)cc9)c8cc6C7(C)C)ccc5n-4c23)cc1. The van der Waals surface area contributed by atoms with Crippen LogP contribution in [0.2, 0.25) is 0 Å². The fourth-order valence-electron chi connectivity index (χ4n) is 22.2. The highest BCUT2D eigenvalue weighted by Crippen LogP contribution is 2.54. The van der Waals surface area contributed by atoms with Crippen molar-refractivity contribution in [2.45, 2.75) is 280 Å². The lowest BCUT2D eigenvalue weighted by molar-refractivity contribution is 0.375. The summed E-state index contributed by atoms with van der Waals surface area (Å²) in [6.45, 7) is 72.0. The van der Waals surface area contributed by atoms with Gasteiger partial charge in [0.2, 0.25) is 6.71 Å². The summed E-state index contributed by atoms with van der Waals surface area (Å²) in [5.41, 5.74) is 43.0. The van der Waals surface area contributed by atoms with Crippen molar-refractivity contribution in [2.75, 3.05) is 0 Å². The Labute approximate surface area is 734 Å². The van der Waals surface area contributed by atoms with E-state index in [9.17, 15) is 0 Å². The molecule has 0 saturated carbocycles. The van der Waals surface area contributed by atoms with Crippen LogP contribution in [-0.2, 0) is 59.6 Å². The van der Waals surface area contributed by atoms with Gasteiger partial charge in [0.15, 0.2) is 0 Å². The van der Waals surface area contributed by atoms with Gasteiger partial charge in [0.1, 0.15) is 0 Å². The van der Waals surface area contributed by atoms with Crippen LogP contribution < -0.4 is 27.3 Å². The number of benzene rings is 12. The van der Waals surface area contributed by atoms with Crippen molar-refractivity contribution >= 4 is 117 Å². The van der Waals surface area contributed by atoms with Gasteiger partial charge in [-0.25, -0.2) is 0 Å². The van der Waals surface area contributed by atoms with Crippen LogP contribution >= 0.6 is 0 Å². The highest BCUT2D eigenvalue weighted by atomic mass is 15.0. The maximum absolute atomic E-state index is 2.86. The third-order valence-electron chi connectivity index (χ3n) is 30.2. The fourth-order valence-corrected chi connectivity index (χ4v) is 22.2. The van der Waals surface area contributed by atoms with Crippen molar-refractivity contribution in [3.05, 3.63) is 273 Å². The molecule has 622 valence electrons. The highest BCUT2D eigenvalue weighted by molar-refractivity contribution is 6.99. The van der Waals surface area contributed by atoms with Crippen LogP contribution in [0.3, 0.4) is 0 Å². The maximum Gasteiger partial charge on any atom is 0.333 e. The molecule has 4 aliphatic rings. The highest BCUT2D eigenvalue weighted by Gasteiger charge is 2.49. The number of nitrogens with zero attached hydrogens (tertiary/aromatic N) is 4. The minimum atomic E-state index is -0.301. The van der Waals surface area contributed by atoms with E-state index >= 15 is 0 Å². The van der Waals surface area contributed by atoms with E-state index in [4.69, 9.17) is 0 Å². The molecule has 0 aliphatic carbocycles. The number of hydrogen-bond acceptors (Lipinski definition) is 0. The van der Waals surface area contributed by atoms with Crippen LogP contribution in [0.1, 0.15) is 287 Å². The van der Waals surface area contributed by atoms with Crippen molar-refractivity contribution in [3.8, 4) is 50.6 Å². The topological polar surface area (TPSA) is 19.7 Å². The van der Waals surface area contributed by atoms with Crippen LogP contribution in [0.4, 0.5) is 0 Å². The minimum Gasteiger partial charge on any atom is -0.375 e. The quantitative estimate of drug-likeness (QED) is 0.135. The van der Waals surface area contributed by atoms with Crippen molar-refractivity contribution in [1.82, 2.24) is 18.2 Å². The zero-order valence-electron chi connectivity index (χ0n) is 79.5. The van der Waals surface area contributed by atoms with E-state index in [-0.39, 0.29) is 73.1 Å². The zero-order valence-corrected chi connectivity index (χ0v) is 79.5. The first-order valence-corrected chi connectivity index (χ1v) is 46.1. The predicted octanol–water partition coefficient (Wildman–Crippen LogP) is 28.1. The fraction of sp³-hybridized carbons (Fsp3) is 0.368. The summed E-state index contributed by atoms with van der Waals surface area (Å²) < 4.78 is 10.9. The van der Waals surface area contributed by atoms with E-state index in [1.807, 2.05) is 0 Å². The second kappa shape index (κ2) is 25.9. The van der Waals surface area contributed by atoms with Crippen LogP contribution in [0.25, 0.3) is 127 Å². The lowest BCUT2D eigenvalue weighted by Crippen LogP contribution is -2.63. The minimum absolute atomic E-state index is 0.00555. The van der Waals surface area contributed by atoms with E-state index in [0.29, 0.717) is 0 Å². The van der Waals surface area contributed by atoms with Gasteiger partial charge >= 0.3 is 6.85 Å². The van der Waals surface area contributed by atoms with E-state index in [1.54, 1.807) is 0 Å². The molecule has 0 bridgehead atoms. The van der Waals surface area contributed by atoms with Gasteiger partial charge in [0, 0.05) is 88.0 Å². The summed E-state index contributed by atoms with van der Waals surface area (Å²) in [5.74, 6) is 0. The Hall–Kier alpha value is -10.3. The zero-order chi connectivity index (χ0) is 87.5. The molecule has 0 fully saturated rings. The van der Waals surface area contributed by atoms with Gasteiger partial charge in [0.05, 0.1) is 27.6 Å². The van der Waals surface area contributed by atoms with Crippen molar-refractivity contribution < 1.29 is 0 Å². The standard InChI is InChI=1S/C117H128B2N4/c1-107(2,3)69-38-34-67(35-39-69)100-88-61-75(111(13,14)15)58-87-84-57-78(114(22,23)24)64-99-101(84)119(123(104(87)88)103(100)68-36-40-70(41-37-68)108(4,5)6)93-63-77(113(19,20)21)60-86-82-56-74(46-51-96(82)122(99)106(86)93)116(27,28)53-52-115(25,26)73-45-50-95-81(55-73)85-59-76(112(16,17)18)62-92-105(85)121(95)97-33-31-32-89-102(97)118(92)91-65-83-80-54-72(110(10,11)12)44-49-94(80)120(98(83)66-90(91)117(89,29)30)79-47-42-71(43-48-79)109(7,8)9/h31-51,54-66H,52-53H2,1-30H3. The lowest BCUT2D eigenvalue weighted by atomic mass is 9.30. The molecule has 4 nitrogen and oxygen atoms in total. The molecule has 0 N–H and O–H groups in total. The second-order valence-electron chi connectivity index (χ2n) is 48.2. The summed E-state index contributed by atoms with van der Waals surface area (Å²) in [5, 5.41) is 9.33. The average Bonchev–Trinajstić information content (AvgIpc) is 1.54. The summed E-state index contributed by atoms with van der Waals surface area (Å²) in [6.07, 6.45) is 2.01. The smallest absolute Gasteiger partial charge is 0.333 e. The molecule has 0 atom stereocenters. The Morgan fingerprint density at radius 2 is 0.675 bits per heavy atom. The summed E-state index contributed by atoms with van der Waals surface area (Å²) in [6, 6.07) is 84.8. The molecule has 0 unspecified atom stereocenters. The average molecular weight is 1610 g/mol. The van der Waals surface area contributed by atoms with E-state index in [1.165, 1.54) is 221 Å². The number of fused-ring (bicyclic) bond motifs is 17. The van der Waals surface area contributed by atoms with Crippen LogP contribution in [0, 0.1) is 0 Å². The first-order valence-electron chi connectivity index (χ1n) is 46.1. The first-order chi connectivity index (χ1) is 57.3. The van der Waals surface area contributed by atoms with Gasteiger partial charge in [-0.2, -0.15) is 0 Å². The first kappa shape index (κ1) is 81.1. The Balaban J connectivity index is 0.730. The van der Waals surface area contributed by atoms with Gasteiger partial charge in [-0.05, 0) is 263 Å². The molecule has 8 heterocycles.